The minimum atomic E-state index is -0.0895. The molecular formula is C21H23ClN2O2. The zero-order chi connectivity index (χ0) is 19.0. The van der Waals surface area contributed by atoms with E-state index in [9.17, 15) is 4.79 Å². The molecular weight excluding hydrogens is 348 g/mol. The van der Waals surface area contributed by atoms with E-state index in [2.05, 4.69) is 19.6 Å². The highest BCUT2D eigenvalue weighted by Gasteiger charge is 2.15. The predicted octanol–water partition coefficient (Wildman–Crippen LogP) is 4.95. The molecule has 3 rings (SSSR count). The Hall–Kier alpha value is -2.46. The molecule has 0 aliphatic heterocycles. The monoisotopic (exact) mass is 370 g/mol. The van der Waals surface area contributed by atoms with Gasteiger partial charge in [-0.1, -0.05) is 18.2 Å². The highest BCUT2D eigenvalue weighted by atomic mass is 35.5. The highest BCUT2D eigenvalue weighted by molar-refractivity contribution is 6.31. The summed E-state index contributed by atoms with van der Waals surface area (Å²) in [6.45, 7) is 12.7. The summed E-state index contributed by atoms with van der Waals surface area (Å²) in [7, 11) is 0. The maximum atomic E-state index is 12.9. The van der Waals surface area contributed by atoms with Gasteiger partial charge in [0.15, 0.2) is 0 Å². The molecule has 0 bridgehead atoms. The first-order valence-corrected chi connectivity index (χ1v) is 8.94. The molecule has 0 aliphatic carbocycles. The topological polar surface area (TPSA) is 36.2 Å². The Morgan fingerprint density at radius 2 is 1.73 bits per heavy atom. The lowest BCUT2D eigenvalue weighted by atomic mass is 10.1. The fourth-order valence-electron chi connectivity index (χ4n) is 3.05. The van der Waals surface area contributed by atoms with Gasteiger partial charge in [-0.15, -0.1) is 0 Å². The van der Waals surface area contributed by atoms with Crippen LogP contribution in [0, 0.1) is 20.8 Å². The van der Waals surface area contributed by atoms with Crippen LogP contribution in [0.4, 0.5) is 0 Å². The summed E-state index contributed by atoms with van der Waals surface area (Å²) in [5.74, 6) is 0.746. The lowest BCUT2D eigenvalue weighted by molar-refractivity contribution is 0.298. The van der Waals surface area contributed by atoms with Gasteiger partial charge in [-0.25, -0.2) is 4.79 Å². The molecule has 0 unspecified atom stereocenters. The standard InChI is InChI=1S/C21H23ClN2O2/c1-13(2)24-20-12-15(4)14(3)11-19(20)23(21(24)25)8-9-26-17-6-7-18(22)16(5)10-17/h6-7,10-12H,1,8-9H2,2-5H3. The Morgan fingerprint density at radius 1 is 1.08 bits per heavy atom. The molecule has 5 heteroatoms. The van der Waals surface area contributed by atoms with Gasteiger partial charge in [0.1, 0.15) is 12.4 Å². The maximum Gasteiger partial charge on any atom is 0.333 e. The Kier molecular flexibility index (Phi) is 4.97. The predicted molar refractivity (Wildman–Crippen MR) is 108 cm³/mol. The number of aryl methyl sites for hydroxylation is 3. The van der Waals surface area contributed by atoms with Gasteiger partial charge in [-0.05, 0) is 74.7 Å². The van der Waals surface area contributed by atoms with Crippen LogP contribution in [0.15, 0.2) is 41.7 Å². The quantitative estimate of drug-likeness (QED) is 0.637. The third-order valence-electron chi connectivity index (χ3n) is 4.64. The second kappa shape index (κ2) is 7.04. The number of fused-ring (bicyclic) bond motifs is 1. The van der Waals surface area contributed by atoms with E-state index in [4.69, 9.17) is 16.3 Å². The van der Waals surface area contributed by atoms with Gasteiger partial charge in [-0.3, -0.25) is 9.13 Å². The molecule has 26 heavy (non-hydrogen) atoms. The molecule has 0 atom stereocenters. The van der Waals surface area contributed by atoms with Gasteiger partial charge in [0.2, 0.25) is 0 Å². The smallest absolute Gasteiger partial charge is 0.333 e. The van der Waals surface area contributed by atoms with Crippen LogP contribution in [0.1, 0.15) is 23.6 Å². The van der Waals surface area contributed by atoms with E-state index < -0.39 is 0 Å². The molecule has 0 fully saturated rings. The van der Waals surface area contributed by atoms with Gasteiger partial charge in [-0.2, -0.15) is 0 Å². The summed E-state index contributed by atoms with van der Waals surface area (Å²) in [6.07, 6.45) is 0. The van der Waals surface area contributed by atoms with Crippen molar-refractivity contribution >= 4 is 28.3 Å². The summed E-state index contributed by atoms with van der Waals surface area (Å²) in [4.78, 5) is 12.9. The van der Waals surface area contributed by atoms with Gasteiger partial charge in [0.25, 0.3) is 0 Å². The second-order valence-electron chi connectivity index (χ2n) is 6.69. The molecule has 2 aromatic carbocycles. The average molecular weight is 371 g/mol. The summed E-state index contributed by atoms with van der Waals surface area (Å²) >= 11 is 6.04. The minimum Gasteiger partial charge on any atom is -0.492 e. The molecule has 0 saturated carbocycles. The first-order chi connectivity index (χ1) is 12.3. The van der Waals surface area contributed by atoms with E-state index in [1.807, 2.05) is 45.0 Å². The van der Waals surface area contributed by atoms with Crippen LogP contribution < -0.4 is 10.4 Å². The molecule has 0 spiro atoms. The normalized spacial score (nSPS) is 11.1. The fourth-order valence-corrected chi connectivity index (χ4v) is 3.17. The van der Waals surface area contributed by atoms with Gasteiger partial charge in [0.05, 0.1) is 17.6 Å². The first-order valence-electron chi connectivity index (χ1n) is 8.57. The zero-order valence-electron chi connectivity index (χ0n) is 15.6. The molecule has 4 nitrogen and oxygen atoms in total. The minimum absolute atomic E-state index is 0.0895. The Bertz CT molecular complexity index is 1060. The van der Waals surface area contributed by atoms with Crippen LogP contribution in [-0.2, 0) is 6.54 Å². The summed E-state index contributed by atoms with van der Waals surface area (Å²) in [5.41, 5.74) is 5.66. The summed E-state index contributed by atoms with van der Waals surface area (Å²) in [6, 6.07) is 9.65. The van der Waals surface area contributed by atoms with Crippen molar-refractivity contribution in [2.75, 3.05) is 6.61 Å². The molecule has 0 radical (unpaired) electrons. The average Bonchev–Trinajstić information content (AvgIpc) is 2.83. The molecule has 0 N–H and O–H groups in total. The number of ether oxygens (including phenoxy) is 1. The third-order valence-corrected chi connectivity index (χ3v) is 5.06. The van der Waals surface area contributed by atoms with Crippen molar-refractivity contribution in [3.05, 3.63) is 69.1 Å². The Labute approximate surface area is 158 Å². The zero-order valence-corrected chi connectivity index (χ0v) is 16.4. The molecule has 1 aromatic heterocycles. The third kappa shape index (κ3) is 3.29. The molecule has 0 saturated heterocycles. The molecule has 3 aromatic rings. The lowest BCUT2D eigenvalue weighted by Gasteiger charge is -2.09. The number of imidazole rings is 1. The second-order valence-corrected chi connectivity index (χ2v) is 7.10. The van der Waals surface area contributed by atoms with E-state index in [1.54, 1.807) is 9.13 Å². The van der Waals surface area contributed by atoms with Crippen molar-refractivity contribution < 1.29 is 4.74 Å². The number of aromatic nitrogens is 2. The van der Waals surface area contributed by atoms with Crippen molar-refractivity contribution in [1.29, 1.82) is 0 Å². The van der Waals surface area contributed by atoms with Crippen LogP contribution in [0.25, 0.3) is 16.7 Å². The van der Waals surface area contributed by atoms with Gasteiger partial charge < -0.3 is 4.74 Å². The van der Waals surface area contributed by atoms with Gasteiger partial charge >= 0.3 is 5.69 Å². The number of benzene rings is 2. The van der Waals surface area contributed by atoms with E-state index in [0.29, 0.717) is 23.9 Å². The van der Waals surface area contributed by atoms with Crippen LogP contribution in [0.3, 0.4) is 0 Å². The first kappa shape index (κ1) is 18.3. The number of hydrogen-bond donors (Lipinski definition) is 0. The summed E-state index contributed by atoms with van der Waals surface area (Å²) in [5, 5.41) is 0.712. The van der Waals surface area contributed by atoms with Crippen LogP contribution in [0.5, 0.6) is 5.75 Å². The molecule has 0 amide bonds. The summed E-state index contributed by atoms with van der Waals surface area (Å²) < 4.78 is 9.23. The molecule has 0 aliphatic rings. The maximum absolute atomic E-state index is 12.9. The number of halogens is 1. The van der Waals surface area contributed by atoms with Crippen molar-refractivity contribution in [2.45, 2.75) is 34.2 Å². The van der Waals surface area contributed by atoms with Crippen molar-refractivity contribution in [3.63, 3.8) is 0 Å². The van der Waals surface area contributed by atoms with Crippen molar-refractivity contribution in [1.82, 2.24) is 9.13 Å². The number of rotatable bonds is 5. The number of nitrogens with zero attached hydrogens (tertiary/aromatic N) is 2. The SMILES string of the molecule is C=C(C)n1c(=O)n(CCOc2ccc(Cl)c(C)c2)c2cc(C)c(C)cc21. The lowest BCUT2D eigenvalue weighted by Crippen LogP contribution is -2.25. The fraction of sp³-hybridized carbons (Fsp3) is 0.286. The van der Waals surface area contributed by atoms with Gasteiger partial charge in [0, 0.05) is 10.7 Å². The number of allylic oxidation sites excluding steroid dienone is 1. The molecule has 1 heterocycles. The Balaban J connectivity index is 1.93. The van der Waals surface area contributed by atoms with E-state index in [0.717, 1.165) is 33.5 Å². The van der Waals surface area contributed by atoms with Crippen molar-refractivity contribution in [2.24, 2.45) is 0 Å². The van der Waals surface area contributed by atoms with E-state index in [1.165, 1.54) is 0 Å². The van der Waals surface area contributed by atoms with Crippen LogP contribution >= 0.6 is 11.6 Å². The van der Waals surface area contributed by atoms with E-state index in [-0.39, 0.29) is 5.69 Å². The highest BCUT2D eigenvalue weighted by Crippen LogP contribution is 2.22. The van der Waals surface area contributed by atoms with Crippen LogP contribution in [-0.4, -0.2) is 15.7 Å². The van der Waals surface area contributed by atoms with Crippen molar-refractivity contribution in [3.8, 4) is 5.75 Å². The van der Waals surface area contributed by atoms with Crippen LogP contribution in [0.2, 0.25) is 5.02 Å². The number of hydrogen-bond acceptors (Lipinski definition) is 2. The Morgan fingerprint density at radius 3 is 2.35 bits per heavy atom. The largest absolute Gasteiger partial charge is 0.492 e. The van der Waals surface area contributed by atoms with E-state index >= 15 is 0 Å². The molecule has 136 valence electrons.